The van der Waals surface area contributed by atoms with E-state index in [4.69, 9.17) is 0 Å². The zero-order valence-corrected chi connectivity index (χ0v) is 11.8. The predicted octanol–water partition coefficient (Wildman–Crippen LogP) is -0.667. The van der Waals surface area contributed by atoms with Crippen molar-refractivity contribution < 1.29 is 16.8 Å². The largest absolute Gasteiger partial charge is 0.274 e. The maximum absolute atomic E-state index is 11.7. The van der Waals surface area contributed by atoms with Crippen LogP contribution in [-0.2, 0) is 27.1 Å². The zero-order valence-electron chi connectivity index (χ0n) is 10.1. The third-order valence-electron chi connectivity index (χ3n) is 2.09. The smallest absolute Gasteiger partial charge is 0.257 e. The van der Waals surface area contributed by atoms with Gasteiger partial charge in [-0.25, -0.2) is 16.8 Å². The molecule has 8 nitrogen and oxygen atoms in total. The lowest BCUT2D eigenvalue weighted by Gasteiger charge is -2.07. The van der Waals surface area contributed by atoms with Crippen LogP contribution >= 0.6 is 0 Å². The summed E-state index contributed by atoms with van der Waals surface area (Å²) in [5.74, 6) is -0.126. The molecule has 1 aromatic heterocycles. The van der Waals surface area contributed by atoms with Gasteiger partial charge in [-0.1, -0.05) is 13.3 Å². The van der Waals surface area contributed by atoms with Gasteiger partial charge in [0.2, 0.25) is 10.0 Å². The summed E-state index contributed by atoms with van der Waals surface area (Å²) in [6, 6.07) is 0. The Bertz CT molecular complexity index is 590. The number of hydrazine groups is 1. The van der Waals surface area contributed by atoms with Crippen LogP contribution in [0.5, 0.6) is 0 Å². The highest BCUT2D eigenvalue weighted by atomic mass is 32.2. The number of nitrogens with one attached hydrogen (secondary N) is 2. The Labute approximate surface area is 106 Å². The van der Waals surface area contributed by atoms with Gasteiger partial charge in [0.05, 0.1) is 11.9 Å². The second-order valence-corrected chi connectivity index (χ2v) is 7.25. The Morgan fingerprint density at radius 1 is 1.28 bits per heavy atom. The molecule has 0 aromatic carbocycles. The van der Waals surface area contributed by atoms with Crippen molar-refractivity contribution >= 4 is 20.0 Å². The third kappa shape index (κ3) is 4.37. The molecule has 0 saturated carbocycles. The molecule has 1 aromatic rings. The van der Waals surface area contributed by atoms with Gasteiger partial charge in [0.25, 0.3) is 10.0 Å². The second-order valence-electron chi connectivity index (χ2n) is 3.73. The average molecular weight is 296 g/mol. The number of nitrogens with zero attached hydrogens (tertiary/aromatic N) is 2. The van der Waals surface area contributed by atoms with E-state index in [1.54, 1.807) is 7.05 Å². The fourth-order valence-corrected chi connectivity index (χ4v) is 3.41. The van der Waals surface area contributed by atoms with Crippen molar-refractivity contribution in [1.29, 1.82) is 0 Å². The molecule has 1 rings (SSSR count). The molecule has 1 heterocycles. The molecule has 2 N–H and O–H groups in total. The molecule has 0 amide bonds. The van der Waals surface area contributed by atoms with Crippen LogP contribution in [0.3, 0.4) is 0 Å². The number of unbranched alkanes of at least 4 members (excludes halogenated alkanes) is 1. The predicted molar refractivity (Wildman–Crippen MR) is 65.4 cm³/mol. The molecule has 0 bridgehead atoms. The molecule has 0 aliphatic rings. The summed E-state index contributed by atoms with van der Waals surface area (Å²) < 4.78 is 47.5. The van der Waals surface area contributed by atoms with Crippen LogP contribution in [0, 0.1) is 0 Å². The molecule has 0 spiro atoms. The minimum absolute atomic E-state index is 0.108. The van der Waals surface area contributed by atoms with Crippen LogP contribution in [0.25, 0.3) is 0 Å². The van der Waals surface area contributed by atoms with E-state index < -0.39 is 20.0 Å². The lowest BCUT2D eigenvalue weighted by molar-refractivity contribution is 0.556. The topological polar surface area (TPSA) is 110 Å². The lowest BCUT2D eigenvalue weighted by Crippen LogP contribution is -2.42. The molecule has 0 aliphatic carbocycles. The van der Waals surface area contributed by atoms with Crippen molar-refractivity contribution in [2.75, 3.05) is 5.75 Å². The van der Waals surface area contributed by atoms with Gasteiger partial charge in [-0.3, -0.25) is 4.68 Å². The molecule has 10 heteroatoms. The molecule has 0 atom stereocenters. The van der Waals surface area contributed by atoms with E-state index in [1.165, 1.54) is 10.9 Å². The highest BCUT2D eigenvalue weighted by Crippen LogP contribution is 2.05. The normalized spacial score (nSPS) is 12.8. The molecular weight excluding hydrogens is 280 g/mol. The van der Waals surface area contributed by atoms with E-state index in [0.717, 1.165) is 6.20 Å². The summed E-state index contributed by atoms with van der Waals surface area (Å²) in [5.41, 5.74) is 0. The standard InChI is InChI=1S/C8H16N4O4S2/c1-3-4-5-17(13,14)10-11-18(15,16)8-6-9-12(2)7-8/h6-7,10-11H,3-5H2,1-2H3. The van der Waals surface area contributed by atoms with Crippen molar-refractivity contribution in [2.45, 2.75) is 24.7 Å². The summed E-state index contributed by atoms with van der Waals surface area (Å²) in [4.78, 5) is 3.55. The first-order valence-electron chi connectivity index (χ1n) is 5.27. The molecular formula is C8H16N4O4S2. The van der Waals surface area contributed by atoms with Gasteiger partial charge in [0, 0.05) is 13.2 Å². The van der Waals surface area contributed by atoms with Crippen LogP contribution in [0.4, 0.5) is 0 Å². The Hall–Kier alpha value is -0.970. The third-order valence-corrected chi connectivity index (χ3v) is 4.66. The first kappa shape index (κ1) is 15.1. The van der Waals surface area contributed by atoms with Crippen LogP contribution in [0.1, 0.15) is 19.8 Å². The van der Waals surface area contributed by atoms with E-state index in [1.807, 2.05) is 16.6 Å². The highest BCUT2D eigenvalue weighted by Gasteiger charge is 2.19. The van der Waals surface area contributed by atoms with Gasteiger partial charge in [-0.2, -0.15) is 5.10 Å². The first-order valence-corrected chi connectivity index (χ1v) is 8.40. The maximum atomic E-state index is 11.7. The number of rotatable bonds is 7. The van der Waals surface area contributed by atoms with Gasteiger partial charge in [0.15, 0.2) is 0 Å². The summed E-state index contributed by atoms with van der Waals surface area (Å²) in [6.07, 6.45) is 3.56. The maximum Gasteiger partial charge on any atom is 0.257 e. The first-order chi connectivity index (χ1) is 8.27. The van der Waals surface area contributed by atoms with Gasteiger partial charge in [0.1, 0.15) is 4.90 Å². The van der Waals surface area contributed by atoms with Gasteiger partial charge >= 0.3 is 0 Å². The number of sulfonamides is 2. The molecule has 18 heavy (non-hydrogen) atoms. The molecule has 0 unspecified atom stereocenters. The minimum Gasteiger partial charge on any atom is -0.274 e. The Morgan fingerprint density at radius 2 is 1.94 bits per heavy atom. The van der Waals surface area contributed by atoms with E-state index in [2.05, 4.69) is 5.10 Å². The molecule has 0 aliphatic heterocycles. The quantitative estimate of drug-likeness (QED) is 0.649. The van der Waals surface area contributed by atoms with Crippen molar-refractivity contribution in [3.05, 3.63) is 12.4 Å². The number of hydrogen-bond acceptors (Lipinski definition) is 5. The van der Waals surface area contributed by atoms with E-state index >= 15 is 0 Å². The van der Waals surface area contributed by atoms with E-state index in [0.29, 0.717) is 12.8 Å². The second kappa shape index (κ2) is 5.78. The minimum atomic E-state index is -3.92. The zero-order chi connectivity index (χ0) is 13.8. The highest BCUT2D eigenvalue weighted by molar-refractivity contribution is 7.92. The molecule has 0 radical (unpaired) electrons. The molecule has 0 fully saturated rings. The Balaban J connectivity index is 2.68. The van der Waals surface area contributed by atoms with Gasteiger partial charge < -0.3 is 0 Å². The van der Waals surface area contributed by atoms with Crippen LogP contribution in [0.15, 0.2) is 17.3 Å². The van der Waals surface area contributed by atoms with Crippen molar-refractivity contribution in [2.24, 2.45) is 7.05 Å². The fraction of sp³-hybridized carbons (Fsp3) is 0.625. The summed E-state index contributed by atoms with van der Waals surface area (Å²) in [5, 5.41) is 3.70. The van der Waals surface area contributed by atoms with Crippen molar-refractivity contribution in [3.8, 4) is 0 Å². The number of aromatic nitrogens is 2. The van der Waals surface area contributed by atoms with Crippen LogP contribution in [0.2, 0.25) is 0 Å². The molecule has 0 saturated heterocycles. The van der Waals surface area contributed by atoms with Crippen molar-refractivity contribution in [3.63, 3.8) is 0 Å². The van der Waals surface area contributed by atoms with Gasteiger partial charge in [-0.15, -0.1) is 9.66 Å². The number of hydrogen-bond donors (Lipinski definition) is 2. The van der Waals surface area contributed by atoms with E-state index in [9.17, 15) is 16.8 Å². The summed E-state index contributed by atoms with van der Waals surface area (Å²) in [6.45, 7) is 1.84. The monoisotopic (exact) mass is 296 g/mol. The van der Waals surface area contributed by atoms with Crippen molar-refractivity contribution in [1.82, 2.24) is 19.4 Å². The summed E-state index contributed by atoms with van der Waals surface area (Å²) in [7, 11) is -6.01. The fourth-order valence-electron chi connectivity index (χ4n) is 1.10. The van der Waals surface area contributed by atoms with Crippen LogP contribution in [-0.4, -0.2) is 32.4 Å². The van der Waals surface area contributed by atoms with Gasteiger partial charge in [-0.05, 0) is 6.42 Å². The van der Waals surface area contributed by atoms with Crippen LogP contribution < -0.4 is 9.66 Å². The number of aryl methyl sites for hydroxylation is 1. The molecule has 104 valence electrons. The lowest BCUT2D eigenvalue weighted by atomic mass is 10.4. The average Bonchev–Trinajstić information content (AvgIpc) is 2.72. The summed E-state index contributed by atoms with van der Waals surface area (Å²) >= 11 is 0. The Kier molecular flexibility index (Phi) is 4.85. The Morgan fingerprint density at radius 3 is 2.44 bits per heavy atom. The SMILES string of the molecule is CCCCS(=O)(=O)NNS(=O)(=O)c1cnn(C)c1. The van der Waals surface area contributed by atoms with E-state index in [-0.39, 0.29) is 10.6 Å².